The first-order valence-electron chi connectivity index (χ1n) is 13.3. The minimum atomic E-state index is -1.31. The molecule has 0 aliphatic carbocycles. The van der Waals surface area contributed by atoms with Gasteiger partial charge in [0.1, 0.15) is 17.7 Å². The second-order valence-electron chi connectivity index (χ2n) is 10.2. The summed E-state index contributed by atoms with van der Waals surface area (Å²) in [7, 11) is 0. The fourth-order valence-corrected chi connectivity index (χ4v) is 3.87. The third kappa shape index (κ3) is 10.7. The summed E-state index contributed by atoms with van der Waals surface area (Å²) in [4.78, 5) is 53.0. The van der Waals surface area contributed by atoms with E-state index in [2.05, 4.69) is 10.6 Å². The highest BCUT2D eigenvalue weighted by atomic mass is 16.6. The molecule has 10 heteroatoms. The van der Waals surface area contributed by atoms with Gasteiger partial charge < -0.3 is 30.1 Å². The van der Waals surface area contributed by atoms with Crippen molar-refractivity contribution in [2.24, 2.45) is 0 Å². The summed E-state index contributed by atoms with van der Waals surface area (Å²) >= 11 is 0. The molecule has 0 aliphatic heterocycles. The normalized spacial score (nSPS) is 12.7. The van der Waals surface area contributed by atoms with Gasteiger partial charge in [-0.2, -0.15) is 0 Å². The van der Waals surface area contributed by atoms with Crippen LogP contribution in [-0.4, -0.2) is 71.8 Å². The van der Waals surface area contributed by atoms with Gasteiger partial charge in [0, 0.05) is 13.1 Å². The molecule has 0 aliphatic rings. The average Bonchev–Trinajstić information content (AvgIpc) is 2.83. The summed E-state index contributed by atoms with van der Waals surface area (Å²) in [5.41, 5.74) is 1.61. The van der Waals surface area contributed by atoms with Crippen LogP contribution in [0.2, 0.25) is 0 Å². The van der Waals surface area contributed by atoms with Gasteiger partial charge in [-0.1, -0.05) is 38.0 Å². The Hall–Kier alpha value is -3.14. The predicted molar refractivity (Wildman–Crippen MR) is 144 cm³/mol. The largest absolute Gasteiger partial charge is 0.466 e. The van der Waals surface area contributed by atoms with E-state index in [0.29, 0.717) is 12.0 Å². The van der Waals surface area contributed by atoms with Gasteiger partial charge in [0.25, 0.3) is 0 Å². The molecule has 1 aromatic rings. The van der Waals surface area contributed by atoms with Crippen molar-refractivity contribution in [2.75, 3.05) is 26.3 Å². The first kappa shape index (κ1) is 32.9. The number of unbranched alkanes of at least 4 members (excludes halogenated alkanes) is 2. The number of hydrogen-bond acceptors (Lipinski definition) is 7. The number of amides is 3. The predicted octanol–water partition coefficient (Wildman–Crippen LogP) is 3.32. The first-order valence-corrected chi connectivity index (χ1v) is 13.3. The van der Waals surface area contributed by atoms with E-state index in [1.807, 2.05) is 32.9 Å². The zero-order valence-electron chi connectivity index (χ0n) is 23.9. The number of nitrogens with zero attached hydrogens (tertiary/aromatic N) is 1. The Morgan fingerprint density at radius 3 is 2.34 bits per heavy atom. The van der Waals surface area contributed by atoms with E-state index in [4.69, 9.17) is 9.47 Å². The molecule has 0 aromatic heterocycles. The molecule has 1 aromatic carbocycles. The number of esters is 1. The SMILES string of the molecule is CCCCCN(C(=O)C(CO)NC(=O)OC(C)(C)C)C(C(=O)NCCC(=O)OCC)c1cccc(C)c1C. The zero-order chi connectivity index (χ0) is 28.9. The molecule has 0 bridgehead atoms. The summed E-state index contributed by atoms with van der Waals surface area (Å²) in [6.07, 6.45) is 1.46. The monoisotopic (exact) mass is 535 g/mol. The van der Waals surface area contributed by atoms with Crippen molar-refractivity contribution < 1.29 is 33.8 Å². The molecule has 1 rings (SSSR count). The Balaban J connectivity index is 3.40. The fourth-order valence-electron chi connectivity index (χ4n) is 3.87. The molecule has 0 heterocycles. The third-order valence-corrected chi connectivity index (χ3v) is 5.89. The number of aliphatic hydroxyl groups is 1. The number of nitrogens with one attached hydrogen (secondary N) is 2. The highest BCUT2D eigenvalue weighted by Gasteiger charge is 2.36. The lowest BCUT2D eigenvalue weighted by atomic mass is 9.94. The molecule has 0 saturated carbocycles. The molecule has 2 unspecified atom stereocenters. The van der Waals surface area contributed by atoms with E-state index in [0.717, 1.165) is 24.0 Å². The standard InChI is InChI=1S/C28H45N3O7/c1-8-10-11-17-31(26(35)22(18-32)30-27(36)38-28(5,6)7)24(21-14-12-13-19(3)20(21)4)25(34)29-16-15-23(33)37-9-2/h12-14,22,24,32H,8-11,15-18H2,1-7H3,(H,29,34)(H,30,36). The summed E-state index contributed by atoms with van der Waals surface area (Å²) < 4.78 is 10.2. The van der Waals surface area contributed by atoms with Crippen LogP contribution in [0.4, 0.5) is 4.79 Å². The number of rotatable bonds is 14. The van der Waals surface area contributed by atoms with Crippen molar-refractivity contribution in [3.8, 4) is 0 Å². The van der Waals surface area contributed by atoms with Crippen LogP contribution in [0.5, 0.6) is 0 Å². The molecule has 38 heavy (non-hydrogen) atoms. The van der Waals surface area contributed by atoms with Crippen LogP contribution >= 0.6 is 0 Å². The van der Waals surface area contributed by atoms with E-state index in [9.17, 15) is 24.3 Å². The van der Waals surface area contributed by atoms with Gasteiger partial charge in [-0.15, -0.1) is 0 Å². The fraction of sp³-hybridized carbons (Fsp3) is 0.643. The Kier molecular flexibility index (Phi) is 13.8. The van der Waals surface area contributed by atoms with Gasteiger partial charge in [-0.3, -0.25) is 14.4 Å². The number of hydrogen-bond donors (Lipinski definition) is 3. The molecular weight excluding hydrogens is 490 g/mol. The number of alkyl carbamates (subject to hydrolysis) is 1. The van der Waals surface area contributed by atoms with Gasteiger partial charge in [0.2, 0.25) is 11.8 Å². The topological polar surface area (TPSA) is 134 Å². The van der Waals surface area contributed by atoms with Crippen LogP contribution in [0.1, 0.15) is 83.0 Å². The molecule has 0 radical (unpaired) electrons. The summed E-state index contributed by atoms with van der Waals surface area (Å²) in [5.74, 6) is -1.52. The molecular formula is C28H45N3O7. The van der Waals surface area contributed by atoms with E-state index >= 15 is 0 Å². The molecule has 0 fully saturated rings. The number of benzene rings is 1. The lowest BCUT2D eigenvalue weighted by molar-refractivity contribution is -0.144. The van der Waals surface area contributed by atoms with Crippen LogP contribution in [0.15, 0.2) is 18.2 Å². The smallest absolute Gasteiger partial charge is 0.408 e. The van der Waals surface area contributed by atoms with Gasteiger partial charge in [-0.05, 0) is 64.7 Å². The maximum atomic E-state index is 13.8. The highest BCUT2D eigenvalue weighted by Crippen LogP contribution is 2.28. The van der Waals surface area contributed by atoms with Gasteiger partial charge in [0.15, 0.2) is 0 Å². The van der Waals surface area contributed by atoms with Crippen molar-refractivity contribution in [1.82, 2.24) is 15.5 Å². The Labute approximate surface area is 226 Å². The van der Waals surface area contributed by atoms with Crippen molar-refractivity contribution in [1.29, 1.82) is 0 Å². The molecule has 0 spiro atoms. The molecule has 0 saturated heterocycles. The molecule has 2 atom stereocenters. The van der Waals surface area contributed by atoms with Crippen molar-refractivity contribution in [3.05, 3.63) is 34.9 Å². The first-order chi connectivity index (χ1) is 17.9. The van der Waals surface area contributed by atoms with E-state index < -0.39 is 48.2 Å². The van der Waals surface area contributed by atoms with Crippen LogP contribution in [-0.2, 0) is 23.9 Å². The molecule has 3 amide bonds. The zero-order valence-corrected chi connectivity index (χ0v) is 23.9. The van der Waals surface area contributed by atoms with E-state index in [1.54, 1.807) is 33.8 Å². The molecule has 3 N–H and O–H groups in total. The van der Waals surface area contributed by atoms with Crippen molar-refractivity contribution in [3.63, 3.8) is 0 Å². The maximum absolute atomic E-state index is 13.8. The van der Waals surface area contributed by atoms with Crippen molar-refractivity contribution >= 4 is 23.9 Å². The van der Waals surface area contributed by atoms with Crippen LogP contribution < -0.4 is 10.6 Å². The van der Waals surface area contributed by atoms with E-state index in [1.165, 1.54) is 4.90 Å². The van der Waals surface area contributed by atoms with Crippen molar-refractivity contribution in [2.45, 2.75) is 91.8 Å². The number of carbonyl (C=O) groups is 4. The number of aryl methyl sites for hydroxylation is 1. The molecule has 214 valence electrons. The minimum Gasteiger partial charge on any atom is -0.466 e. The van der Waals surface area contributed by atoms with E-state index in [-0.39, 0.29) is 26.1 Å². The second-order valence-corrected chi connectivity index (χ2v) is 10.2. The second kappa shape index (κ2) is 16.0. The quantitative estimate of drug-likeness (QED) is 0.246. The lowest BCUT2D eigenvalue weighted by Gasteiger charge is -2.35. The average molecular weight is 536 g/mol. The van der Waals surface area contributed by atoms with Crippen LogP contribution in [0, 0.1) is 13.8 Å². The number of aliphatic hydroxyl groups excluding tert-OH is 1. The lowest BCUT2D eigenvalue weighted by Crippen LogP contribution is -2.54. The Bertz CT molecular complexity index is 943. The highest BCUT2D eigenvalue weighted by molar-refractivity contribution is 5.92. The van der Waals surface area contributed by atoms with Gasteiger partial charge in [-0.25, -0.2) is 4.79 Å². The number of ether oxygens (including phenoxy) is 2. The summed E-state index contributed by atoms with van der Waals surface area (Å²) in [6, 6.07) is 3.15. The van der Waals surface area contributed by atoms with Gasteiger partial charge in [0.05, 0.1) is 19.6 Å². The number of carbonyl (C=O) groups excluding carboxylic acids is 4. The maximum Gasteiger partial charge on any atom is 0.408 e. The summed E-state index contributed by atoms with van der Waals surface area (Å²) in [6.45, 7) is 12.4. The molecule has 10 nitrogen and oxygen atoms in total. The minimum absolute atomic E-state index is 0.0116. The third-order valence-electron chi connectivity index (χ3n) is 5.89. The van der Waals surface area contributed by atoms with Gasteiger partial charge >= 0.3 is 12.1 Å². The van der Waals surface area contributed by atoms with Crippen LogP contribution in [0.25, 0.3) is 0 Å². The van der Waals surface area contributed by atoms with Crippen LogP contribution in [0.3, 0.4) is 0 Å². The summed E-state index contributed by atoms with van der Waals surface area (Å²) in [5, 5.41) is 15.2. The Morgan fingerprint density at radius 1 is 1.08 bits per heavy atom. The Morgan fingerprint density at radius 2 is 1.76 bits per heavy atom.